The van der Waals surface area contributed by atoms with Crippen LogP contribution in [0, 0.1) is 5.92 Å². The van der Waals surface area contributed by atoms with Crippen molar-refractivity contribution < 1.29 is 4.42 Å². The molecule has 88 valence electrons. The van der Waals surface area contributed by atoms with Crippen LogP contribution in [-0.2, 0) is 6.54 Å². The Morgan fingerprint density at radius 2 is 2.19 bits per heavy atom. The van der Waals surface area contributed by atoms with Gasteiger partial charge in [-0.25, -0.2) is 0 Å². The highest BCUT2D eigenvalue weighted by atomic mass is 16.3. The van der Waals surface area contributed by atoms with E-state index in [1.54, 1.807) is 6.26 Å². The molecular weight excluding hydrogens is 200 g/mol. The quantitative estimate of drug-likeness (QED) is 0.825. The maximum atomic E-state index is 5.81. The second kappa shape index (κ2) is 4.22. The van der Waals surface area contributed by atoms with Crippen molar-refractivity contribution >= 4 is 0 Å². The van der Waals surface area contributed by atoms with Gasteiger partial charge in [0.25, 0.3) is 0 Å². The van der Waals surface area contributed by atoms with Crippen molar-refractivity contribution in [3.63, 3.8) is 0 Å². The van der Waals surface area contributed by atoms with E-state index in [-0.39, 0.29) is 0 Å². The predicted octanol–water partition coefficient (Wildman–Crippen LogP) is 1.98. The molecule has 16 heavy (non-hydrogen) atoms. The second-order valence-corrected chi connectivity index (χ2v) is 5.12. The van der Waals surface area contributed by atoms with E-state index >= 15 is 0 Å². The SMILES string of the molecule is NCC1CCC1N(Cc1ccco1)C1CC1. The monoisotopic (exact) mass is 220 g/mol. The van der Waals surface area contributed by atoms with Gasteiger partial charge in [0.15, 0.2) is 0 Å². The maximum Gasteiger partial charge on any atom is 0.117 e. The fraction of sp³-hybridized carbons (Fsp3) is 0.692. The topological polar surface area (TPSA) is 42.4 Å². The molecule has 0 aromatic carbocycles. The smallest absolute Gasteiger partial charge is 0.117 e. The lowest BCUT2D eigenvalue weighted by Gasteiger charge is -2.44. The minimum absolute atomic E-state index is 0.711. The van der Waals surface area contributed by atoms with Crippen molar-refractivity contribution in [2.75, 3.05) is 6.54 Å². The van der Waals surface area contributed by atoms with Crippen LogP contribution in [0.3, 0.4) is 0 Å². The summed E-state index contributed by atoms with van der Waals surface area (Å²) in [6.45, 7) is 1.81. The Labute approximate surface area is 96.6 Å². The molecule has 0 spiro atoms. The maximum absolute atomic E-state index is 5.81. The standard InChI is InChI=1S/C13H20N2O/c14-8-10-3-6-13(10)15(11-4-5-11)9-12-2-1-7-16-12/h1-2,7,10-11,13H,3-6,8-9,14H2. The average molecular weight is 220 g/mol. The number of furan rings is 1. The molecule has 2 N–H and O–H groups in total. The molecule has 2 unspecified atom stereocenters. The van der Waals surface area contributed by atoms with Gasteiger partial charge in [0.1, 0.15) is 5.76 Å². The van der Waals surface area contributed by atoms with Crippen molar-refractivity contribution in [1.29, 1.82) is 0 Å². The molecule has 0 bridgehead atoms. The number of rotatable bonds is 5. The molecule has 0 radical (unpaired) electrons. The first-order chi connectivity index (χ1) is 7.88. The van der Waals surface area contributed by atoms with Crippen LogP contribution in [0.15, 0.2) is 22.8 Å². The zero-order chi connectivity index (χ0) is 11.0. The first-order valence-electron chi connectivity index (χ1n) is 6.36. The molecule has 0 saturated heterocycles. The highest BCUT2D eigenvalue weighted by molar-refractivity contribution is 5.03. The van der Waals surface area contributed by atoms with E-state index in [0.717, 1.165) is 30.8 Å². The summed E-state index contributed by atoms with van der Waals surface area (Å²) >= 11 is 0. The van der Waals surface area contributed by atoms with Gasteiger partial charge in [-0.05, 0) is 50.3 Å². The molecule has 2 aliphatic rings. The highest BCUT2D eigenvalue weighted by Crippen LogP contribution is 2.39. The van der Waals surface area contributed by atoms with Gasteiger partial charge in [-0.1, -0.05) is 0 Å². The molecule has 2 saturated carbocycles. The number of hydrogen-bond acceptors (Lipinski definition) is 3. The van der Waals surface area contributed by atoms with E-state index in [4.69, 9.17) is 10.2 Å². The number of nitrogens with zero attached hydrogens (tertiary/aromatic N) is 1. The largest absolute Gasteiger partial charge is 0.468 e. The van der Waals surface area contributed by atoms with Crippen LogP contribution in [0.2, 0.25) is 0 Å². The van der Waals surface area contributed by atoms with Gasteiger partial charge >= 0.3 is 0 Å². The Kier molecular flexibility index (Phi) is 2.74. The van der Waals surface area contributed by atoms with Crippen LogP contribution in [0.4, 0.5) is 0 Å². The van der Waals surface area contributed by atoms with Gasteiger partial charge in [-0.15, -0.1) is 0 Å². The van der Waals surface area contributed by atoms with E-state index in [1.165, 1.54) is 25.7 Å². The summed E-state index contributed by atoms with van der Waals surface area (Å²) in [4.78, 5) is 2.62. The molecule has 2 aliphatic carbocycles. The third-order valence-corrected chi connectivity index (χ3v) is 4.04. The summed E-state index contributed by atoms with van der Waals surface area (Å²) in [6.07, 6.45) is 7.10. The highest BCUT2D eigenvalue weighted by Gasteiger charge is 2.41. The van der Waals surface area contributed by atoms with E-state index in [9.17, 15) is 0 Å². The van der Waals surface area contributed by atoms with Gasteiger partial charge < -0.3 is 10.2 Å². The van der Waals surface area contributed by atoms with Crippen molar-refractivity contribution in [3.05, 3.63) is 24.2 Å². The van der Waals surface area contributed by atoms with Gasteiger partial charge in [0, 0.05) is 12.1 Å². The Bertz CT molecular complexity index is 330. The van der Waals surface area contributed by atoms with Gasteiger partial charge in [-0.2, -0.15) is 0 Å². The van der Waals surface area contributed by atoms with Crippen molar-refractivity contribution in [2.24, 2.45) is 11.7 Å². The van der Waals surface area contributed by atoms with Crippen LogP contribution in [0.25, 0.3) is 0 Å². The summed E-state index contributed by atoms with van der Waals surface area (Å²) in [5, 5.41) is 0. The first kappa shape index (κ1) is 10.4. The van der Waals surface area contributed by atoms with E-state index < -0.39 is 0 Å². The molecule has 1 aromatic heterocycles. The Balaban J connectivity index is 1.67. The molecule has 2 atom stereocenters. The molecule has 1 heterocycles. The summed E-state index contributed by atoms with van der Waals surface area (Å²) in [6, 6.07) is 5.56. The molecule has 1 aromatic rings. The average Bonchev–Trinajstić information content (AvgIpc) is 2.96. The zero-order valence-corrected chi connectivity index (χ0v) is 9.64. The molecular formula is C13H20N2O. The van der Waals surface area contributed by atoms with E-state index in [2.05, 4.69) is 11.0 Å². The zero-order valence-electron chi connectivity index (χ0n) is 9.64. The van der Waals surface area contributed by atoms with Crippen LogP contribution in [0.1, 0.15) is 31.4 Å². The Morgan fingerprint density at radius 1 is 1.31 bits per heavy atom. The van der Waals surface area contributed by atoms with Crippen LogP contribution in [0.5, 0.6) is 0 Å². The summed E-state index contributed by atoms with van der Waals surface area (Å²) in [7, 11) is 0. The second-order valence-electron chi connectivity index (χ2n) is 5.12. The third-order valence-electron chi connectivity index (χ3n) is 4.04. The van der Waals surface area contributed by atoms with Crippen LogP contribution in [-0.4, -0.2) is 23.5 Å². The normalized spacial score (nSPS) is 29.4. The van der Waals surface area contributed by atoms with Gasteiger partial charge in [0.05, 0.1) is 12.8 Å². The molecule has 0 amide bonds. The fourth-order valence-corrected chi connectivity index (χ4v) is 2.77. The molecule has 2 fully saturated rings. The van der Waals surface area contributed by atoms with Crippen LogP contribution < -0.4 is 5.73 Å². The minimum atomic E-state index is 0.711. The minimum Gasteiger partial charge on any atom is -0.468 e. The van der Waals surface area contributed by atoms with Gasteiger partial charge in [-0.3, -0.25) is 4.90 Å². The number of hydrogen-bond donors (Lipinski definition) is 1. The van der Waals surface area contributed by atoms with E-state index in [1.807, 2.05) is 6.07 Å². The lowest BCUT2D eigenvalue weighted by molar-refractivity contribution is 0.0476. The number of nitrogens with two attached hydrogens (primary N) is 1. The Hall–Kier alpha value is -0.800. The van der Waals surface area contributed by atoms with E-state index in [0.29, 0.717) is 6.04 Å². The van der Waals surface area contributed by atoms with Crippen molar-refractivity contribution in [2.45, 2.75) is 44.3 Å². The lowest BCUT2D eigenvalue weighted by Crippen LogP contribution is -2.50. The van der Waals surface area contributed by atoms with Crippen molar-refractivity contribution in [1.82, 2.24) is 4.90 Å². The summed E-state index contributed by atoms with van der Waals surface area (Å²) in [5.74, 6) is 1.81. The third kappa shape index (κ3) is 1.89. The molecule has 0 aliphatic heterocycles. The summed E-state index contributed by atoms with van der Waals surface area (Å²) in [5.41, 5.74) is 5.81. The summed E-state index contributed by atoms with van der Waals surface area (Å²) < 4.78 is 5.46. The van der Waals surface area contributed by atoms with Gasteiger partial charge in [0.2, 0.25) is 0 Å². The van der Waals surface area contributed by atoms with Crippen molar-refractivity contribution in [3.8, 4) is 0 Å². The first-order valence-corrected chi connectivity index (χ1v) is 6.36. The predicted molar refractivity (Wildman–Crippen MR) is 62.8 cm³/mol. The lowest BCUT2D eigenvalue weighted by atomic mass is 9.78. The molecule has 3 rings (SSSR count). The molecule has 3 heteroatoms. The van der Waals surface area contributed by atoms with Crippen LogP contribution >= 0.6 is 0 Å². The molecule has 3 nitrogen and oxygen atoms in total. The fourth-order valence-electron chi connectivity index (χ4n) is 2.77. The Morgan fingerprint density at radius 3 is 2.69 bits per heavy atom.